The maximum Gasteiger partial charge on any atom is 0.343 e. The first-order valence-electron chi connectivity index (χ1n) is 6.32. The molecule has 0 fully saturated rings. The standard InChI is InChI=1S/C16H15O4/c17-9-8-13-7-6-12(11-18)10-15(13)20-16(19)14-4-2-1-3-5-14/h1-7,10,17H,8-9,11H2. The van der Waals surface area contributed by atoms with Gasteiger partial charge in [0.05, 0.1) is 5.56 Å². The van der Waals surface area contributed by atoms with Crippen LogP contribution in [0.4, 0.5) is 0 Å². The first-order valence-corrected chi connectivity index (χ1v) is 6.32. The highest BCUT2D eigenvalue weighted by atomic mass is 16.5. The van der Waals surface area contributed by atoms with Gasteiger partial charge in [-0.15, -0.1) is 0 Å². The fourth-order valence-corrected chi connectivity index (χ4v) is 1.84. The Morgan fingerprint density at radius 2 is 1.85 bits per heavy atom. The van der Waals surface area contributed by atoms with Crippen LogP contribution in [0, 0.1) is 0 Å². The fraction of sp³-hybridized carbons (Fsp3) is 0.188. The van der Waals surface area contributed by atoms with Crippen LogP contribution in [0.1, 0.15) is 21.5 Å². The van der Waals surface area contributed by atoms with Crippen LogP contribution in [0.5, 0.6) is 5.75 Å². The molecule has 0 unspecified atom stereocenters. The molecule has 2 rings (SSSR count). The molecule has 0 saturated heterocycles. The second-order valence-corrected chi connectivity index (χ2v) is 4.32. The Morgan fingerprint density at radius 1 is 1.10 bits per heavy atom. The third-order valence-electron chi connectivity index (χ3n) is 2.89. The third kappa shape index (κ3) is 3.44. The molecule has 0 saturated carbocycles. The average molecular weight is 271 g/mol. The topological polar surface area (TPSA) is 66.4 Å². The van der Waals surface area contributed by atoms with Crippen LogP contribution < -0.4 is 4.74 Å². The van der Waals surface area contributed by atoms with Crippen LogP contribution >= 0.6 is 0 Å². The first-order chi connectivity index (χ1) is 9.74. The van der Waals surface area contributed by atoms with E-state index in [2.05, 4.69) is 0 Å². The van der Waals surface area contributed by atoms with Gasteiger partial charge in [0.2, 0.25) is 0 Å². The lowest BCUT2D eigenvalue weighted by Gasteiger charge is -2.10. The van der Waals surface area contributed by atoms with Gasteiger partial charge in [0.25, 0.3) is 0 Å². The SMILES string of the molecule is [O]Cc1ccc(CCO)c(OC(=O)c2ccccc2)c1. The normalized spacial score (nSPS) is 10.3. The van der Waals surface area contributed by atoms with Gasteiger partial charge in [-0.25, -0.2) is 9.90 Å². The van der Waals surface area contributed by atoms with Gasteiger partial charge in [-0.2, -0.15) is 0 Å². The molecular formula is C16H15O4. The van der Waals surface area contributed by atoms with E-state index in [1.54, 1.807) is 42.5 Å². The molecule has 0 heterocycles. The van der Waals surface area contributed by atoms with Crippen molar-refractivity contribution in [2.75, 3.05) is 6.61 Å². The zero-order chi connectivity index (χ0) is 14.4. The van der Waals surface area contributed by atoms with E-state index in [1.165, 1.54) is 0 Å². The van der Waals surface area contributed by atoms with Gasteiger partial charge in [0.15, 0.2) is 0 Å². The number of benzene rings is 2. The second kappa shape index (κ2) is 6.84. The van der Waals surface area contributed by atoms with Gasteiger partial charge in [0, 0.05) is 6.61 Å². The predicted octanol–water partition coefficient (Wildman–Crippen LogP) is 2.37. The number of hydrogen-bond acceptors (Lipinski definition) is 3. The molecule has 0 amide bonds. The van der Waals surface area contributed by atoms with E-state index in [0.717, 1.165) is 0 Å². The summed E-state index contributed by atoms with van der Waals surface area (Å²) in [7, 11) is 0. The van der Waals surface area contributed by atoms with Gasteiger partial charge in [-0.05, 0) is 35.7 Å². The van der Waals surface area contributed by atoms with E-state index in [0.29, 0.717) is 28.9 Å². The summed E-state index contributed by atoms with van der Waals surface area (Å²) in [4.78, 5) is 12.0. The Hall–Kier alpha value is -2.17. The Bertz CT molecular complexity index is 578. The van der Waals surface area contributed by atoms with Gasteiger partial charge in [-0.1, -0.05) is 30.3 Å². The number of hydrogen-bond donors (Lipinski definition) is 1. The minimum atomic E-state index is -0.479. The lowest BCUT2D eigenvalue weighted by Crippen LogP contribution is -2.10. The molecule has 1 radical (unpaired) electrons. The van der Waals surface area contributed by atoms with Crippen molar-refractivity contribution in [3.8, 4) is 5.75 Å². The van der Waals surface area contributed by atoms with Crippen LogP contribution in [-0.4, -0.2) is 17.7 Å². The number of carbonyl (C=O) groups excluding carboxylic acids is 1. The van der Waals surface area contributed by atoms with Crippen LogP contribution in [0.15, 0.2) is 48.5 Å². The first kappa shape index (κ1) is 14.2. The van der Waals surface area contributed by atoms with Gasteiger partial charge < -0.3 is 9.84 Å². The van der Waals surface area contributed by atoms with Crippen molar-refractivity contribution in [2.24, 2.45) is 0 Å². The van der Waals surface area contributed by atoms with Crippen LogP contribution in [0.2, 0.25) is 0 Å². The molecule has 2 aromatic rings. The number of esters is 1. The molecule has 0 aliphatic rings. The zero-order valence-electron chi connectivity index (χ0n) is 10.9. The fourth-order valence-electron chi connectivity index (χ4n) is 1.84. The number of carbonyl (C=O) groups is 1. The Balaban J connectivity index is 2.25. The van der Waals surface area contributed by atoms with Crippen molar-refractivity contribution in [2.45, 2.75) is 13.0 Å². The molecule has 1 N–H and O–H groups in total. The lowest BCUT2D eigenvalue weighted by atomic mass is 10.1. The Labute approximate surface area is 117 Å². The van der Waals surface area contributed by atoms with E-state index in [4.69, 9.17) is 9.84 Å². The molecule has 0 aromatic heterocycles. The summed E-state index contributed by atoms with van der Waals surface area (Å²) in [5, 5.41) is 19.9. The summed E-state index contributed by atoms with van der Waals surface area (Å²) < 4.78 is 5.34. The average Bonchev–Trinajstić information content (AvgIpc) is 2.50. The van der Waals surface area contributed by atoms with Gasteiger partial charge in [0.1, 0.15) is 12.4 Å². The highest BCUT2D eigenvalue weighted by Crippen LogP contribution is 2.22. The van der Waals surface area contributed by atoms with Crippen molar-refractivity contribution >= 4 is 5.97 Å². The van der Waals surface area contributed by atoms with Crippen molar-refractivity contribution in [3.05, 3.63) is 65.2 Å². The molecule has 2 aromatic carbocycles. The molecule has 4 heteroatoms. The van der Waals surface area contributed by atoms with Gasteiger partial charge >= 0.3 is 5.97 Å². The molecule has 0 atom stereocenters. The summed E-state index contributed by atoms with van der Waals surface area (Å²) in [6, 6.07) is 13.6. The number of aliphatic hydroxyl groups excluding tert-OH is 1. The maximum absolute atomic E-state index is 12.0. The van der Waals surface area contributed by atoms with E-state index in [-0.39, 0.29) is 13.2 Å². The van der Waals surface area contributed by atoms with Crippen molar-refractivity contribution in [1.82, 2.24) is 0 Å². The molecule has 0 bridgehead atoms. The smallest absolute Gasteiger partial charge is 0.343 e. The van der Waals surface area contributed by atoms with E-state index in [9.17, 15) is 9.90 Å². The quantitative estimate of drug-likeness (QED) is 0.670. The highest BCUT2D eigenvalue weighted by Gasteiger charge is 2.12. The molecule has 0 aliphatic heterocycles. The van der Waals surface area contributed by atoms with E-state index in [1.807, 2.05) is 6.07 Å². The molecule has 0 spiro atoms. The van der Waals surface area contributed by atoms with Crippen LogP contribution in [0.3, 0.4) is 0 Å². The molecule has 103 valence electrons. The van der Waals surface area contributed by atoms with E-state index < -0.39 is 5.97 Å². The minimum Gasteiger partial charge on any atom is -0.423 e. The molecular weight excluding hydrogens is 256 g/mol. The summed E-state index contributed by atoms with van der Waals surface area (Å²) >= 11 is 0. The lowest BCUT2D eigenvalue weighted by molar-refractivity contribution is 0.0731. The largest absolute Gasteiger partial charge is 0.423 e. The summed E-state index contributed by atoms with van der Waals surface area (Å²) in [6.45, 7) is -0.429. The number of ether oxygens (including phenoxy) is 1. The highest BCUT2D eigenvalue weighted by molar-refractivity contribution is 5.91. The van der Waals surface area contributed by atoms with Crippen LogP contribution in [-0.2, 0) is 18.1 Å². The second-order valence-electron chi connectivity index (χ2n) is 4.32. The number of rotatable bonds is 5. The monoisotopic (exact) mass is 271 g/mol. The van der Waals surface area contributed by atoms with Gasteiger partial charge in [-0.3, -0.25) is 0 Å². The summed E-state index contributed by atoms with van der Waals surface area (Å²) in [6.07, 6.45) is 0.372. The predicted molar refractivity (Wildman–Crippen MR) is 73.0 cm³/mol. The van der Waals surface area contributed by atoms with E-state index >= 15 is 0 Å². The molecule has 0 aliphatic carbocycles. The Kier molecular flexibility index (Phi) is 4.87. The minimum absolute atomic E-state index is 0.0490. The number of aliphatic hydroxyl groups is 1. The van der Waals surface area contributed by atoms with Crippen molar-refractivity contribution < 1.29 is 19.7 Å². The zero-order valence-corrected chi connectivity index (χ0v) is 10.9. The van der Waals surface area contributed by atoms with Crippen LogP contribution in [0.25, 0.3) is 0 Å². The third-order valence-corrected chi connectivity index (χ3v) is 2.89. The molecule has 20 heavy (non-hydrogen) atoms. The summed E-state index contributed by atoms with van der Waals surface area (Å²) in [5.41, 5.74) is 1.69. The van der Waals surface area contributed by atoms with Crippen molar-refractivity contribution in [1.29, 1.82) is 0 Å². The van der Waals surface area contributed by atoms with Crippen molar-refractivity contribution in [3.63, 3.8) is 0 Å². The summed E-state index contributed by atoms with van der Waals surface area (Å²) in [5.74, 6) is -0.144. The Morgan fingerprint density at radius 3 is 2.50 bits per heavy atom. The maximum atomic E-state index is 12.0. The molecule has 4 nitrogen and oxygen atoms in total.